The van der Waals surface area contributed by atoms with E-state index >= 15 is 0 Å². The Morgan fingerprint density at radius 2 is 2.04 bits per heavy atom. The van der Waals surface area contributed by atoms with Crippen molar-refractivity contribution in [1.29, 1.82) is 0 Å². The predicted molar refractivity (Wildman–Crippen MR) is 74.9 cm³/mol. The lowest BCUT2D eigenvalue weighted by atomic mass is 9.72. The Hall–Kier alpha value is -1.57. The zero-order valence-corrected chi connectivity index (χ0v) is 12.6. The highest BCUT2D eigenvalue weighted by atomic mass is 19.4. The molecular weight excluding hydrogens is 309 g/mol. The lowest BCUT2D eigenvalue weighted by Crippen LogP contribution is -2.44. The minimum Gasteiger partial charge on any atom is -0.335 e. The van der Waals surface area contributed by atoms with Gasteiger partial charge in [0, 0.05) is 25.0 Å². The fourth-order valence-corrected chi connectivity index (χ4v) is 4.42. The second-order valence-corrected chi connectivity index (χ2v) is 6.98. The molecule has 0 radical (unpaired) electrons. The maximum absolute atomic E-state index is 13.0. The molecule has 126 valence electrons. The average molecular weight is 328 g/mol. The maximum atomic E-state index is 13.0. The molecule has 5 nitrogen and oxygen atoms in total. The number of imidazole rings is 1. The molecule has 0 saturated heterocycles. The van der Waals surface area contributed by atoms with Gasteiger partial charge in [0.05, 0.1) is 18.6 Å². The van der Waals surface area contributed by atoms with Gasteiger partial charge in [-0.05, 0) is 31.1 Å². The third-order valence-electron chi connectivity index (χ3n) is 5.70. The second kappa shape index (κ2) is 4.96. The fraction of sp³-hybridized carbons (Fsp3) is 0.733. The lowest BCUT2D eigenvalue weighted by Gasteiger charge is -2.37. The minimum absolute atomic E-state index is 0.00837. The molecule has 4 rings (SSSR count). The van der Waals surface area contributed by atoms with Crippen molar-refractivity contribution in [3.8, 4) is 0 Å². The van der Waals surface area contributed by atoms with E-state index < -0.39 is 11.9 Å². The SMILES string of the molecule is N[C@@H]1C[C@@H]2CC(C(=O)N3CCn4cnc(C(F)(F)F)c4C3)C[C@@H]21. The number of amides is 1. The van der Waals surface area contributed by atoms with Crippen molar-refractivity contribution in [2.24, 2.45) is 23.5 Å². The van der Waals surface area contributed by atoms with Crippen molar-refractivity contribution in [3.05, 3.63) is 17.7 Å². The third kappa shape index (κ3) is 2.34. The Kier molecular flexibility index (Phi) is 3.23. The van der Waals surface area contributed by atoms with Gasteiger partial charge in [0.25, 0.3) is 0 Å². The molecule has 2 N–H and O–H groups in total. The first-order valence-electron chi connectivity index (χ1n) is 8.00. The van der Waals surface area contributed by atoms with Gasteiger partial charge in [-0.2, -0.15) is 13.2 Å². The monoisotopic (exact) mass is 328 g/mol. The summed E-state index contributed by atoms with van der Waals surface area (Å²) < 4.78 is 40.5. The summed E-state index contributed by atoms with van der Waals surface area (Å²) >= 11 is 0. The highest BCUT2D eigenvalue weighted by Gasteiger charge is 2.49. The number of fused-ring (bicyclic) bond motifs is 2. The number of hydrogen-bond acceptors (Lipinski definition) is 3. The van der Waals surface area contributed by atoms with E-state index in [4.69, 9.17) is 5.73 Å². The predicted octanol–water partition coefficient (Wildman–Crippen LogP) is 1.62. The molecule has 8 heteroatoms. The number of carbonyl (C=O) groups is 1. The standard InChI is InChI=1S/C15H19F3N4O/c16-15(17,18)13-12-6-21(1-2-22(12)7-20-13)14(23)9-3-8-5-11(19)10(8)4-9/h7-11H,1-6,19H2/t8-,9?,10-,11+/m0/s1. The summed E-state index contributed by atoms with van der Waals surface area (Å²) in [6, 6.07) is 0.192. The van der Waals surface area contributed by atoms with E-state index in [-0.39, 0.29) is 30.1 Å². The molecule has 0 spiro atoms. The van der Waals surface area contributed by atoms with Gasteiger partial charge in [0.2, 0.25) is 5.91 Å². The average Bonchev–Trinajstić information content (AvgIpc) is 3.06. The van der Waals surface area contributed by atoms with Crippen molar-refractivity contribution in [2.75, 3.05) is 6.54 Å². The third-order valence-corrected chi connectivity index (χ3v) is 5.70. The van der Waals surface area contributed by atoms with Crippen LogP contribution in [0.15, 0.2) is 6.33 Å². The van der Waals surface area contributed by atoms with Crippen LogP contribution in [0.5, 0.6) is 0 Å². The number of rotatable bonds is 1. The summed E-state index contributed by atoms with van der Waals surface area (Å²) in [5.74, 6) is 0.847. The van der Waals surface area contributed by atoms with Gasteiger partial charge in [-0.25, -0.2) is 4.98 Å². The molecule has 4 atom stereocenters. The van der Waals surface area contributed by atoms with Crippen molar-refractivity contribution >= 4 is 5.91 Å². The van der Waals surface area contributed by atoms with Gasteiger partial charge >= 0.3 is 6.18 Å². The van der Waals surface area contributed by atoms with Gasteiger partial charge in [0.15, 0.2) is 5.69 Å². The minimum atomic E-state index is -4.48. The molecular formula is C15H19F3N4O. The van der Waals surface area contributed by atoms with E-state index in [1.54, 1.807) is 4.90 Å². The van der Waals surface area contributed by atoms with E-state index in [9.17, 15) is 18.0 Å². The number of hydrogen-bond donors (Lipinski definition) is 1. The van der Waals surface area contributed by atoms with Gasteiger partial charge in [-0.15, -0.1) is 0 Å². The number of nitrogens with zero attached hydrogens (tertiary/aromatic N) is 3. The van der Waals surface area contributed by atoms with Gasteiger partial charge in [0.1, 0.15) is 0 Å². The van der Waals surface area contributed by atoms with Crippen LogP contribution in [0.3, 0.4) is 0 Å². The van der Waals surface area contributed by atoms with Crippen molar-refractivity contribution in [1.82, 2.24) is 14.5 Å². The molecule has 0 aromatic carbocycles. The quantitative estimate of drug-likeness (QED) is 0.852. The van der Waals surface area contributed by atoms with Crippen LogP contribution in [0.4, 0.5) is 13.2 Å². The molecule has 3 aliphatic rings. The van der Waals surface area contributed by atoms with Gasteiger partial charge in [-0.3, -0.25) is 4.79 Å². The molecule has 1 unspecified atom stereocenters. The van der Waals surface area contributed by atoms with Crippen LogP contribution in [0.2, 0.25) is 0 Å². The van der Waals surface area contributed by atoms with E-state index in [0.717, 1.165) is 19.3 Å². The van der Waals surface area contributed by atoms with Crippen LogP contribution < -0.4 is 5.73 Å². The molecule has 1 aliphatic heterocycles. The number of nitrogens with two attached hydrogens (primary N) is 1. The number of aromatic nitrogens is 2. The summed E-state index contributed by atoms with van der Waals surface area (Å²) in [5.41, 5.74) is 5.18. The highest BCUT2D eigenvalue weighted by molar-refractivity contribution is 5.79. The van der Waals surface area contributed by atoms with Crippen molar-refractivity contribution < 1.29 is 18.0 Å². The number of alkyl halides is 3. The lowest BCUT2D eigenvalue weighted by molar-refractivity contribution is -0.144. The topological polar surface area (TPSA) is 64.2 Å². The molecule has 23 heavy (non-hydrogen) atoms. The highest BCUT2D eigenvalue weighted by Crippen LogP contribution is 2.49. The molecule has 1 aromatic rings. The van der Waals surface area contributed by atoms with Gasteiger partial charge in [-0.1, -0.05) is 0 Å². The summed E-state index contributed by atoms with van der Waals surface area (Å²) in [6.45, 7) is 0.798. The van der Waals surface area contributed by atoms with Gasteiger partial charge < -0.3 is 15.2 Å². The van der Waals surface area contributed by atoms with Crippen LogP contribution in [0.1, 0.15) is 30.7 Å². The van der Waals surface area contributed by atoms with Crippen molar-refractivity contribution in [2.45, 2.75) is 44.6 Å². The summed E-state index contributed by atoms with van der Waals surface area (Å²) in [7, 11) is 0. The van der Waals surface area contributed by atoms with Crippen LogP contribution in [0, 0.1) is 17.8 Å². The molecule has 1 aromatic heterocycles. The molecule has 0 bridgehead atoms. The van der Waals surface area contributed by atoms with E-state index in [2.05, 4.69) is 4.98 Å². The molecule has 1 amide bonds. The second-order valence-electron chi connectivity index (χ2n) is 6.98. The van der Waals surface area contributed by atoms with Crippen LogP contribution in [-0.2, 0) is 24.1 Å². The number of carbonyl (C=O) groups excluding carboxylic acids is 1. The van der Waals surface area contributed by atoms with E-state index in [0.29, 0.717) is 24.9 Å². The summed E-state index contributed by atoms with van der Waals surface area (Å²) in [5, 5.41) is 0. The smallest absolute Gasteiger partial charge is 0.335 e. The first-order chi connectivity index (χ1) is 10.8. The van der Waals surface area contributed by atoms with Crippen molar-refractivity contribution in [3.63, 3.8) is 0 Å². The van der Waals surface area contributed by atoms with Crippen LogP contribution >= 0.6 is 0 Å². The summed E-state index contributed by atoms with van der Waals surface area (Å²) in [6.07, 6.45) is -0.675. The Bertz CT molecular complexity index is 641. The first kappa shape index (κ1) is 15.0. The normalized spacial score (nSPS) is 33.1. The van der Waals surface area contributed by atoms with E-state index in [1.807, 2.05) is 0 Å². The molecule has 2 heterocycles. The molecule has 2 saturated carbocycles. The fourth-order valence-electron chi connectivity index (χ4n) is 4.42. The number of halogens is 3. The first-order valence-corrected chi connectivity index (χ1v) is 8.00. The Labute approximate surface area is 131 Å². The molecule has 2 aliphatic carbocycles. The Morgan fingerprint density at radius 3 is 2.70 bits per heavy atom. The van der Waals surface area contributed by atoms with Crippen LogP contribution in [0.25, 0.3) is 0 Å². The summed E-state index contributed by atoms with van der Waals surface area (Å²) in [4.78, 5) is 17.7. The van der Waals surface area contributed by atoms with Crippen LogP contribution in [-0.4, -0.2) is 32.9 Å². The largest absolute Gasteiger partial charge is 0.435 e. The zero-order valence-electron chi connectivity index (χ0n) is 12.6. The Morgan fingerprint density at radius 1 is 1.26 bits per heavy atom. The zero-order chi connectivity index (χ0) is 16.4. The Balaban J connectivity index is 1.50. The van der Waals surface area contributed by atoms with E-state index in [1.165, 1.54) is 10.9 Å². The molecule has 2 fully saturated rings. The maximum Gasteiger partial charge on any atom is 0.435 e.